The van der Waals surface area contributed by atoms with Crippen molar-refractivity contribution in [2.45, 2.75) is 4.90 Å². The number of aromatic carboxylic acids is 1. The predicted molar refractivity (Wildman–Crippen MR) is 72.8 cm³/mol. The van der Waals surface area contributed by atoms with Crippen LogP contribution in [0.15, 0.2) is 29.4 Å². The average Bonchev–Trinajstić information content (AvgIpc) is 2.79. The molecule has 1 aromatic heterocycles. The van der Waals surface area contributed by atoms with Gasteiger partial charge in [0, 0.05) is 6.20 Å². The van der Waals surface area contributed by atoms with Crippen molar-refractivity contribution in [3.8, 4) is 0 Å². The van der Waals surface area contributed by atoms with E-state index in [9.17, 15) is 13.2 Å². The highest BCUT2D eigenvalue weighted by molar-refractivity contribution is 7.92. The molecule has 0 unspecified atom stereocenters. The summed E-state index contributed by atoms with van der Waals surface area (Å²) in [5.41, 5.74) is -0.170. The first-order valence-electron chi connectivity index (χ1n) is 5.05. The van der Waals surface area contributed by atoms with E-state index in [0.717, 1.165) is 12.1 Å². The molecule has 0 aliphatic heterocycles. The van der Waals surface area contributed by atoms with E-state index in [0.29, 0.717) is 0 Å². The molecule has 2 aromatic rings. The number of H-pyrrole nitrogens is 1. The molecule has 106 valence electrons. The lowest BCUT2D eigenvalue weighted by molar-refractivity contribution is 0.0697. The van der Waals surface area contributed by atoms with Crippen molar-refractivity contribution in [2.75, 3.05) is 4.72 Å². The number of nitrogens with one attached hydrogen (secondary N) is 2. The van der Waals surface area contributed by atoms with Crippen molar-refractivity contribution in [1.82, 2.24) is 10.2 Å². The zero-order valence-electron chi connectivity index (χ0n) is 9.59. The molecule has 1 aromatic carbocycles. The first kappa shape index (κ1) is 14.6. The number of carboxylic acids is 1. The Labute approximate surface area is 123 Å². The van der Waals surface area contributed by atoms with Crippen LogP contribution in [0.4, 0.5) is 5.69 Å². The Kier molecular flexibility index (Phi) is 3.89. The van der Waals surface area contributed by atoms with Crippen molar-refractivity contribution in [1.29, 1.82) is 0 Å². The summed E-state index contributed by atoms with van der Waals surface area (Å²) in [6, 6.07) is 1.96. The van der Waals surface area contributed by atoms with Crippen molar-refractivity contribution >= 4 is 44.9 Å². The molecule has 0 fully saturated rings. The van der Waals surface area contributed by atoms with E-state index in [4.69, 9.17) is 28.3 Å². The standard InChI is InChI=1S/C10H7Cl2N3O4S/c11-7-2-8(12)9(1-6(7)10(16)17)20(18,19)15-5-3-13-14-4-5/h1-4,15H,(H,13,14)(H,16,17). The van der Waals surface area contributed by atoms with E-state index < -0.39 is 16.0 Å². The number of hydrogen-bond donors (Lipinski definition) is 3. The largest absolute Gasteiger partial charge is 0.478 e. The third kappa shape index (κ3) is 2.87. The van der Waals surface area contributed by atoms with Crippen LogP contribution in [-0.4, -0.2) is 29.7 Å². The second-order valence-electron chi connectivity index (χ2n) is 3.66. The van der Waals surface area contributed by atoms with Gasteiger partial charge in [-0.25, -0.2) is 13.2 Å². The van der Waals surface area contributed by atoms with Crippen LogP contribution < -0.4 is 4.72 Å². The lowest BCUT2D eigenvalue weighted by Crippen LogP contribution is -2.14. The van der Waals surface area contributed by atoms with Gasteiger partial charge >= 0.3 is 5.97 Å². The third-order valence-electron chi connectivity index (χ3n) is 2.29. The maximum Gasteiger partial charge on any atom is 0.337 e. The SMILES string of the molecule is O=C(O)c1cc(S(=O)(=O)Nc2cn[nH]c2)c(Cl)cc1Cl. The number of aromatic amines is 1. The summed E-state index contributed by atoms with van der Waals surface area (Å²) in [4.78, 5) is 10.6. The maximum atomic E-state index is 12.1. The fourth-order valence-electron chi connectivity index (χ4n) is 1.42. The summed E-state index contributed by atoms with van der Waals surface area (Å²) in [6.07, 6.45) is 2.57. The van der Waals surface area contributed by atoms with E-state index in [-0.39, 0.29) is 26.2 Å². The van der Waals surface area contributed by atoms with Gasteiger partial charge in [0.2, 0.25) is 0 Å². The number of nitrogens with zero attached hydrogens (tertiary/aromatic N) is 1. The lowest BCUT2D eigenvalue weighted by Gasteiger charge is -2.09. The third-order valence-corrected chi connectivity index (χ3v) is 4.45. The molecular weight excluding hydrogens is 329 g/mol. The first-order chi connectivity index (χ1) is 9.31. The van der Waals surface area contributed by atoms with Crippen molar-refractivity contribution < 1.29 is 18.3 Å². The van der Waals surface area contributed by atoms with Gasteiger partial charge in [-0.3, -0.25) is 9.82 Å². The number of halogens is 2. The zero-order valence-corrected chi connectivity index (χ0v) is 11.9. The molecule has 1 heterocycles. The molecule has 0 spiro atoms. The number of benzene rings is 1. The molecule has 0 atom stereocenters. The summed E-state index contributed by atoms with van der Waals surface area (Å²) in [5, 5.41) is 14.6. The van der Waals surface area contributed by atoms with E-state index in [1.165, 1.54) is 12.4 Å². The molecule has 0 saturated heterocycles. The fraction of sp³-hybridized carbons (Fsp3) is 0. The van der Waals surface area contributed by atoms with Crippen LogP contribution in [0.3, 0.4) is 0 Å². The van der Waals surface area contributed by atoms with Crippen molar-refractivity contribution in [3.05, 3.63) is 40.1 Å². The lowest BCUT2D eigenvalue weighted by atomic mass is 10.2. The molecule has 2 rings (SSSR count). The second kappa shape index (κ2) is 5.31. The number of sulfonamides is 1. The van der Waals surface area contributed by atoms with Crippen LogP contribution in [-0.2, 0) is 10.0 Å². The fourth-order valence-corrected chi connectivity index (χ4v) is 3.31. The number of carbonyl (C=O) groups is 1. The molecule has 0 aliphatic carbocycles. The van der Waals surface area contributed by atoms with Crippen molar-refractivity contribution in [2.24, 2.45) is 0 Å². The maximum absolute atomic E-state index is 12.1. The Balaban J connectivity index is 2.51. The van der Waals surface area contributed by atoms with Crippen LogP contribution in [0.1, 0.15) is 10.4 Å². The van der Waals surface area contributed by atoms with Gasteiger partial charge in [0.15, 0.2) is 0 Å². The Morgan fingerprint density at radius 2 is 2.00 bits per heavy atom. The van der Waals surface area contributed by atoms with E-state index >= 15 is 0 Å². The molecule has 0 bridgehead atoms. The minimum Gasteiger partial charge on any atom is -0.478 e. The van der Waals surface area contributed by atoms with Gasteiger partial charge in [0.05, 0.1) is 27.5 Å². The highest BCUT2D eigenvalue weighted by atomic mass is 35.5. The van der Waals surface area contributed by atoms with Gasteiger partial charge in [0.1, 0.15) is 4.90 Å². The van der Waals surface area contributed by atoms with Crippen LogP contribution in [0, 0.1) is 0 Å². The Hall–Kier alpha value is -1.77. The molecule has 7 nitrogen and oxygen atoms in total. The van der Waals surface area contributed by atoms with Gasteiger partial charge in [-0.2, -0.15) is 5.10 Å². The summed E-state index contributed by atoms with van der Waals surface area (Å²) in [6.45, 7) is 0. The first-order valence-corrected chi connectivity index (χ1v) is 7.29. The van der Waals surface area contributed by atoms with E-state index in [2.05, 4.69) is 14.9 Å². The Bertz CT molecular complexity index is 759. The number of anilines is 1. The Morgan fingerprint density at radius 3 is 2.55 bits per heavy atom. The van der Waals surface area contributed by atoms with Gasteiger partial charge in [-0.15, -0.1) is 0 Å². The summed E-state index contributed by atoms with van der Waals surface area (Å²) < 4.78 is 26.5. The number of hydrogen-bond acceptors (Lipinski definition) is 4. The van der Waals surface area contributed by atoms with Gasteiger partial charge in [0.25, 0.3) is 10.0 Å². The summed E-state index contributed by atoms with van der Waals surface area (Å²) in [5.74, 6) is -1.36. The summed E-state index contributed by atoms with van der Waals surface area (Å²) in [7, 11) is -4.05. The monoisotopic (exact) mass is 335 g/mol. The number of rotatable bonds is 4. The van der Waals surface area contributed by atoms with Crippen LogP contribution >= 0.6 is 23.2 Å². The summed E-state index contributed by atoms with van der Waals surface area (Å²) >= 11 is 11.5. The predicted octanol–water partition coefficient (Wildman–Crippen LogP) is 2.22. The normalized spacial score (nSPS) is 11.3. The van der Waals surface area contributed by atoms with Crippen LogP contribution in [0.5, 0.6) is 0 Å². The Morgan fingerprint density at radius 1 is 1.30 bits per heavy atom. The molecule has 0 saturated carbocycles. The van der Waals surface area contributed by atoms with Gasteiger partial charge in [-0.05, 0) is 12.1 Å². The van der Waals surface area contributed by atoms with Crippen LogP contribution in [0.2, 0.25) is 10.0 Å². The molecule has 0 amide bonds. The smallest absolute Gasteiger partial charge is 0.337 e. The number of carboxylic acid groups (broad SMARTS) is 1. The molecule has 0 radical (unpaired) electrons. The molecular formula is C10H7Cl2N3O4S. The highest BCUT2D eigenvalue weighted by Crippen LogP contribution is 2.29. The average molecular weight is 336 g/mol. The van der Waals surface area contributed by atoms with E-state index in [1.54, 1.807) is 0 Å². The zero-order chi connectivity index (χ0) is 14.9. The van der Waals surface area contributed by atoms with Gasteiger partial charge < -0.3 is 5.11 Å². The van der Waals surface area contributed by atoms with Crippen LogP contribution in [0.25, 0.3) is 0 Å². The molecule has 0 aliphatic rings. The molecule has 3 N–H and O–H groups in total. The van der Waals surface area contributed by atoms with Crippen molar-refractivity contribution in [3.63, 3.8) is 0 Å². The minimum atomic E-state index is -4.05. The topological polar surface area (TPSA) is 112 Å². The minimum absolute atomic E-state index is 0.148. The molecule has 20 heavy (non-hydrogen) atoms. The highest BCUT2D eigenvalue weighted by Gasteiger charge is 2.22. The second-order valence-corrected chi connectivity index (χ2v) is 6.13. The quantitative estimate of drug-likeness (QED) is 0.792. The van der Waals surface area contributed by atoms with E-state index in [1.807, 2.05) is 0 Å². The van der Waals surface area contributed by atoms with Gasteiger partial charge in [-0.1, -0.05) is 23.2 Å². The molecule has 10 heteroatoms. The number of aromatic nitrogens is 2.